The zero-order chi connectivity index (χ0) is 42.6. The molecule has 2 heterocycles. The number of imidazole rings is 1. The Balaban J connectivity index is 1.36. The molecule has 0 aliphatic heterocycles. The van der Waals surface area contributed by atoms with E-state index in [-0.39, 0.29) is 17.4 Å². The molecule has 2 aromatic heterocycles. The smallest absolute Gasteiger partial charge is 0.149 e. The Hall–Kier alpha value is -5.24. The van der Waals surface area contributed by atoms with Gasteiger partial charge in [0.25, 0.3) is 0 Å². The van der Waals surface area contributed by atoms with Gasteiger partial charge in [-0.2, -0.15) is 0 Å². The lowest BCUT2D eigenvalue weighted by Gasteiger charge is -2.26. The lowest BCUT2D eigenvalue weighted by atomic mass is 9.88. The van der Waals surface area contributed by atoms with E-state index in [1.165, 1.54) is 32.6 Å². The van der Waals surface area contributed by atoms with E-state index < -0.39 is 23.0 Å². The number of rotatable bonds is 7. The van der Waals surface area contributed by atoms with E-state index in [0.29, 0.717) is 16.6 Å². The monoisotopic (exact) mass is 781 g/mol. The second-order valence-electron chi connectivity index (χ2n) is 18.7. The normalized spacial score (nSPS) is 13.8. The molecule has 0 N–H and O–H groups in total. The number of hydrogen-bond donors (Lipinski definition) is 0. The molecule has 0 fully saturated rings. The van der Waals surface area contributed by atoms with Crippen molar-refractivity contribution >= 4 is 81.0 Å². The minimum Gasteiger partial charge on any atom is -0.455 e. The Bertz CT molecular complexity index is 3110. The summed E-state index contributed by atoms with van der Waals surface area (Å²) in [6.07, 6.45) is 0. The Morgan fingerprint density at radius 1 is 0.614 bits per heavy atom. The molecule has 0 saturated heterocycles. The van der Waals surface area contributed by atoms with Crippen LogP contribution in [-0.2, 0) is 0 Å². The summed E-state index contributed by atoms with van der Waals surface area (Å²) < 4.78 is 35.3. The van der Waals surface area contributed by atoms with Gasteiger partial charge in [0.1, 0.15) is 17.0 Å². The summed E-state index contributed by atoms with van der Waals surface area (Å²) in [5, 5.41) is 8.78. The molecule has 0 radical (unpaired) electrons. The van der Waals surface area contributed by atoms with Crippen molar-refractivity contribution in [3.63, 3.8) is 0 Å². The van der Waals surface area contributed by atoms with Crippen molar-refractivity contribution in [1.29, 1.82) is 0 Å². The quantitative estimate of drug-likeness (QED) is 0.119. The molecule has 9 rings (SSSR count). The largest absolute Gasteiger partial charge is 0.455 e. The number of nitrogens with zero attached hydrogens (tertiary/aromatic N) is 2. The van der Waals surface area contributed by atoms with E-state index in [0.717, 1.165) is 55.0 Å². The Kier molecular flexibility index (Phi) is 7.98. The molecule has 0 aliphatic rings. The molecular formula is C52H54N2OSi2. The average molecular weight is 782 g/mol. The Labute approximate surface area is 343 Å². The zero-order valence-corrected chi connectivity index (χ0v) is 36.9. The van der Waals surface area contributed by atoms with Gasteiger partial charge in [-0.05, 0) is 111 Å². The lowest BCUT2D eigenvalue weighted by molar-refractivity contribution is 0.670. The molecule has 5 heteroatoms. The number of aryl methyl sites for hydroxylation is 1. The van der Waals surface area contributed by atoms with Gasteiger partial charge in [0.2, 0.25) is 0 Å². The number of aromatic nitrogens is 2. The van der Waals surface area contributed by atoms with Crippen molar-refractivity contribution in [2.75, 3.05) is 0 Å². The molecule has 0 unspecified atom stereocenters. The van der Waals surface area contributed by atoms with Gasteiger partial charge < -0.3 is 4.42 Å². The zero-order valence-electron chi connectivity index (χ0n) is 37.9. The maximum atomic E-state index is 8.69. The van der Waals surface area contributed by atoms with E-state index in [4.69, 9.17) is 13.5 Å². The van der Waals surface area contributed by atoms with Crippen LogP contribution in [0.1, 0.15) is 60.3 Å². The van der Waals surface area contributed by atoms with Crippen molar-refractivity contribution in [2.24, 2.45) is 0 Å². The first-order valence-electron chi connectivity index (χ1n) is 21.9. The van der Waals surface area contributed by atoms with Gasteiger partial charge in [-0.3, -0.25) is 4.57 Å². The van der Waals surface area contributed by atoms with Crippen molar-refractivity contribution < 1.29 is 8.53 Å². The summed E-state index contributed by atoms with van der Waals surface area (Å²) in [4.78, 5) is 5.40. The molecule has 286 valence electrons. The third-order valence-corrected chi connectivity index (χ3v) is 16.0. The van der Waals surface area contributed by atoms with E-state index in [1.807, 2.05) is 18.2 Å². The van der Waals surface area contributed by atoms with Crippen LogP contribution in [0, 0.1) is 6.85 Å². The highest BCUT2D eigenvalue weighted by atomic mass is 28.3. The fourth-order valence-electron chi connectivity index (χ4n) is 8.64. The predicted octanol–water partition coefficient (Wildman–Crippen LogP) is 14.2. The maximum absolute atomic E-state index is 8.69. The second-order valence-corrected chi connectivity index (χ2v) is 28.8. The van der Waals surface area contributed by atoms with E-state index in [2.05, 4.69) is 163 Å². The average Bonchev–Trinajstić information content (AvgIpc) is 3.76. The molecule has 57 heavy (non-hydrogen) atoms. The number of fused-ring (bicyclic) bond motifs is 7. The minimum absolute atomic E-state index is 0.189. The molecular weight excluding hydrogens is 725 g/mol. The van der Waals surface area contributed by atoms with Gasteiger partial charge in [-0.25, -0.2) is 4.98 Å². The molecule has 0 bridgehead atoms. The van der Waals surface area contributed by atoms with Gasteiger partial charge in [-0.15, -0.1) is 0 Å². The third kappa shape index (κ3) is 6.27. The minimum atomic E-state index is -2.36. The van der Waals surface area contributed by atoms with Crippen LogP contribution in [0.2, 0.25) is 39.3 Å². The van der Waals surface area contributed by atoms with Gasteiger partial charge in [-0.1, -0.05) is 150 Å². The van der Waals surface area contributed by atoms with E-state index in [9.17, 15) is 0 Å². The first kappa shape index (κ1) is 33.9. The second kappa shape index (κ2) is 13.4. The standard InChI is InChI=1S/C52H54N2OSi2/c1-31(2)42-27-37(36-24-38(56(6,7)8)29-39(25-36)57(9,10)11)28-43(32(3)4)50(42)54-47-19-15-14-18-46(47)53-52(54)41-23-20-33(5)49-45-26-35-22-21-34-16-12-13-17-40(34)44(35)30-48(45)55-51(41)49/h12-32H,1-11H3/i5D3. The van der Waals surface area contributed by atoms with Crippen molar-refractivity contribution in [1.82, 2.24) is 9.55 Å². The number of furan rings is 1. The molecule has 0 spiro atoms. The van der Waals surface area contributed by atoms with Crippen LogP contribution >= 0.6 is 0 Å². The van der Waals surface area contributed by atoms with Crippen LogP contribution in [0.15, 0.2) is 120 Å². The highest BCUT2D eigenvalue weighted by Gasteiger charge is 2.28. The number of para-hydroxylation sites is 2. The fraction of sp³-hybridized carbons (Fsp3) is 0.250. The van der Waals surface area contributed by atoms with E-state index in [1.54, 1.807) is 6.07 Å². The van der Waals surface area contributed by atoms with Crippen LogP contribution < -0.4 is 10.4 Å². The molecule has 9 aromatic rings. The van der Waals surface area contributed by atoms with Crippen molar-refractivity contribution in [3.05, 3.63) is 132 Å². The van der Waals surface area contributed by atoms with Gasteiger partial charge in [0.15, 0.2) is 0 Å². The molecule has 0 amide bonds. The summed E-state index contributed by atoms with van der Waals surface area (Å²) >= 11 is 0. The molecule has 0 aliphatic carbocycles. The van der Waals surface area contributed by atoms with Crippen LogP contribution in [-0.4, -0.2) is 25.7 Å². The van der Waals surface area contributed by atoms with Gasteiger partial charge in [0, 0.05) is 14.9 Å². The Morgan fingerprint density at radius 2 is 1.25 bits per heavy atom. The SMILES string of the molecule is [2H]C([2H])([2H])c1ccc(-c2nc3ccccc3n2-c2c(C(C)C)cc(-c3cc([Si](C)(C)C)cc([Si](C)(C)C)c3)cc2C(C)C)c2oc3cc4c(ccc5ccccc54)cc3c12. The van der Waals surface area contributed by atoms with Crippen molar-refractivity contribution in [3.8, 4) is 28.2 Å². The summed E-state index contributed by atoms with van der Waals surface area (Å²) in [7, 11) is -3.24. The Morgan fingerprint density at radius 3 is 1.91 bits per heavy atom. The van der Waals surface area contributed by atoms with Crippen molar-refractivity contribution in [2.45, 2.75) is 85.7 Å². The highest BCUT2D eigenvalue weighted by Crippen LogP contribution is 2.44. The first-order valence-corrected chi connectivity index (χ1v) is 27.4. The maximum Gasteiger partial charge on any atom is 0.149 e. The summed E-state index contributed by atoms with van der Waals surface area (Å²) in [5.74, 6) is 1.11. The van der Waals surface area contributed by atoms with Crippen LogP contribution in [0.3, 0.4) is 0 Å². The molecule has 0 saturated carbocycles. The fourth-order valence-corrected chi connectivity index (χ4v) is 11.1. The first-order chi connectivity index (χ1) is 28.3. The number of hydrogen-bond acceptors (Lipinski definition) is 2. The predicted molar refractivity (Wildman–Crippen MR) is 253 cm³/mol. The summed E-state index contributed by atoms with van der Waals surface area (Å²) in [6, 6.07) is 41.1. The highest BCUT2D eigenvalue weighted by molar-refractivity contribution is 6.91. The summed E-state index contributed by atoms with van der Waals surface area (Å²) in [5.41, 5.74) is 10.2. The van der Waals surface area contributed by atoms with Crippen LogP contribution in [0.5, 0.6) is 0 Å². The van der Waals surface area contributed by atoms with Crippen LogP contribution in [0.4, 0.5) is 0 Å². The lowest BCUT2D eigenvalue weighted by Crippen LogP contribution is -2.45. The van der Waals surface area contributed by atoms with Crippen LogP contribution in [0.25, 0.3) is 82.7 Å². The van der Waals surface area contributed by atoms with Gasteiger partial charge >= 0.3 is 0 Å². The number of benzene rings is 7. The van der Waals surface area contributed by atoms with Gasteiger partial charge in [0.05, 0.1) is 38.4 Å². The molecule has 7 aromatic carbocycles. The summed E-state index contributed by atoms with van der Waals surface area (Å²) in [6.45, 7) is 21.5. The topological polar surface area (TPSA) is 31.0 Å². The molecule has 0 atom stereocenters. The third-order valence-electron chi connectivity index (χ3n) is 11.9. The van der Waals surface area contributed by atoms with E-state index >= 15 is 0 Å². The molecule has 3 nitrogen and oxygen atoms in total.